The van der Waals surface area contributed by atoms with E-state index in [4.69, 9.17) is 18.9 Å². The zero-order valence-electron chi connectivity index (χ0n) is 19.9. The van der Waals surface area contributed by atoms with Crippen LogP contribution in [-0.4, -0.2) is 27.2 Å². The predicted molar refractivity (Wildman–Crippen MR) is 144 cm³/mol. The Balaban J connectivity index is 1.75. The first-order valence-electron chi connectivity index (χ1n) is 10.7. The number of carbonyl (C=O) groups is 1. The molecule has 0 aliphatic heterocycles. The van der Waals surface area contributed by atoms with Gasteiger partial charge in [0.2, 0.25) is 0 Å². The van der Waals surface area contributed by atoms with Crippen molar-refractivity contribution in [2.75, 3.05) is 21.3 Å². The fourth-order valence-corrected chi connectivity index (χ4v) is 3.95. The summed E-state index contributed by atoms with van der Waals surface area (Å²) in [7, 11) is 4.63. The fourth-order valence-electron chi connectivity index (χ4n) is 3.25. The van der Waals surface area contributed by atoms with Crippen LogP contribution in [0.15, 0.2) is 69.1 Å². The maximum Gasteiger partial charge on any atom is 0.262 e. The second-order valence-electron chi connectivity index (χ2n) is 7.47. The van der Waals surface area contributed by atoms with Crippen molar-refractivity contribution in [1.82, 2.24) is 5.32 Å². The molecule has 1 N–H and O–H groups in total. The summed E-state index contributed by atoms with van der Waals surface area (Å²) in [5.41, 5.74) is 2.28. The number of nitrogens with zero attached hydrogens (tertiary/aromatic N) is 1. The number of hydrogen-bond acceptors (Lipinski definition) is 6. The highest BCUT2D eigenvalue weighted by molar-refractivity contribution is 9.10. The van der Waals surface area contributed by atoms with Gasteiger partial charge in [-0.3, -0.25) is 4.79 Å². The van der Waals surface area contributed by atoms with Crippen molar-refractivity contribution in [2.24, 2.45) is 0 Å². The topological polar surface area (TPSA) is 89.8 Å². The van der Waals surface area contributed by atoms with Gasteiger partial charge in [-0.15, -0.1) is 0 Å². The van der Waals surface area contributed by atoms with E-state index in [1.165, 1.54) is 20.3 Å². The number of benzene rings is 3. The smallest absolute Gasteiger partial charge is 0.262 e. The summed E-state index contributed by atoms with van der Waals surface area (Å²) in [6.45, 7) is 0.532. The minimum atomic E-state index is -0.517. The molecule has 3 aromatic rings. The van der Waals surface area contributed by atoms with Gasteiger partial charge in [-0.1, -0.05) is 44.0 Å². The summed E-state index contributed by atoms with van der Waals surface area (Å²) in [5, 5.41) is 12.4. The monoisotopic (exact) mass is 614 g/mol. The lowest BCUT2D eigenvalue weighted by molar-refractivity contribution is -0.117. The van der Waals surface area contributed by atoms with Gasteiger partial charge < -0.3 is 24.3 Å². The van der Waals surface area contributed by atoms with Crippen molar-refractivity contribution in [2.45, 2.75) is 13.2 Å². The van der Waals surface area contributed by atoms with Gasteiger partial charge in [-0.25, -0.2) is 0 Å². The Kier molecular flexibility index (Phi) is 9.79. The Hall–Kier alpha value is -3.48. The molecule has 0 saturated carbocycles. The molecular formula is C27H24Br2N2O5. The summed E-state index contributed by atoms with van der Waals surface area (Å²) in [6.07, 6.45) is 1.49. The number of hydrogen-bond donors (Lipinski definition) is 1. The molecule has 0 radical (unpaired) electrons. The number of nitrogens with one attached hydrogen (secondary N) is 1. The van der Waals surface area contributed by atoms with Gasteiger partial charge in [0.25, 0.3) is 5.91 Å². The molecule has 0 heterocycles. The normalized spacial score (nSPS) is 10.8. The quantitative estimate of drug-likeness (QED) is 0.221. The molecule has 0 aromatic heterocycles. The van der Waals surface area contributed by atoms with E-state index >= 15 is 0 Å². The van der Waals surface area contributed by atoms with E-state index in [1.807, 2.05) is 30.3 Å². The third-order valence-corrected chi connectivity index (χ3v) is 6.40. The molecule has 0 aliphatic carbocycles. The molecule has 0 bridgehead atoms. The number of amides is 1. The van der Waals surface area contributed by atoms with Gasteiger partial charge in [-0.05, 0) is 53.6 Å². The van der Waals surface area contributed by atoms with Crippen LogP contribution < -0.4 is 24.3 Å². The minimum absolute atomic E-state index is 0.0613. The summed E-state index contributed by atoms with van der Waals surface area (Å²) in [6, 6.07) is 18.5. The number of ether oxygens (including phenoxy) is 4. The highest BCUT2D eigenvalue weighted by atomic mass is 79.9. The lowest BCUT2D eigenvalue weighted by Crippen LogP contribution is -2.24. The van der Waals surface area contributed by atoms with E-state index < -0.39 is 5.91 Å². The Bertz CT molecular complexity index is 1300. The van der Waals surface area contributed by atoms with Crippen LogP contribution in [0.2, 0.25) is 0 Å². The molecule has 0 saturated heterocycles. The Morgan fingerprint density at radius 3 is 2.31 bits per heavy atom. The van der Waals surface area contributed by atoms with E-state index in [-0.39, 0.29) is 12.1 Å². The minimum Gasteiger partial charge on any atom is -0.497 e. The Morgan fingerprint density at radius 1 is 0.944 bits per heavy atom. The SMILES string of the molecule is COc1ccc(CNC(=O)/C(C#N)=C/c2cc(OC)c(OCc3ccc(Br)cc3)cc2Br)c(OC)c1. The molecule has 0 atom stereocenters. The summed E-state index contributed by atoms with van der Waals surface area (Å²) in [4.78, 5) is 12.7. The van der Waals surface area contributed by atoms with E-state index in [2.05, 4.69) is 37.2 Å². The number of methoxy groups -OCH3 is 3. The van der Waals surface area contributed by atoms with Crippen molar-refractivity contribution < 1.29 is 23.7 Å². The molecule has 3 aromatic carbocycles. The molecule has 0 spiro atoms. The summed E-state index contributed by atoms with van der Waals surface area (Å²) >= 11 is 6.92. The third-order valence-electron chi connectivity index (χ3n) is 5.19. The van der Waals surface area contributed by atoms with Crippen LogP contribution in [0.25, 0.3) is 6.08 Å². The molecule has 1 amide bonds. The molecule has 186 valence electrons. The largest absolute Gasteiger partial charge is 0.497 e. The van der Waals surface area contributed by atoms with Gasteiger partial charge in [-0.2, -0.15) is 5.26 Å². The van der Waals surface area contributed by atoms with Crippen molar-refractivity contribution >= 4 is 43.8 Å². The number of carbonyl (C=O) groups excluding carboxylic acids is 1. The molecule has 9 heteroatoms. The van der Waals surface area contributed by atoms with Gasteiger partial charge in [0.1, 0.15) is 29.7 Å². The van der Waals surface area contributed by atoms with Crippen LogP contribution in [0.4, 0.5) is 0 Å². The number of rotatable bonds is 10. The zero-order valence-corrected chi connectivity index (χ0v) is 23.1. The van der Waals surface area contributed by atoms with Gasteiger partial charge in [0, 0.05) is 27.1 Å². The maximum atomic E-state index is 12.7. The van der Waals surface area contributed by atoms with Crippen LogP contribution in [0.1, 0.15) is 16.7 Å². The average molecular weight is 616 g/mol. The molecule has 7 nitrogen and oxygen atoms in total. The number of halogens is 2. The van der Waals surface area contributed by atoms with Crippen LogP contribution in [-0.2, 0) is 17.9 Å². The first-order chi connectivity index (χ1) is 17.4. The summed E-state index contributed by atoms with van der Waals surface area (Å²) in [5.74, 6) is 1.70. The highest BCUT2D eigenvalue weighted by Crippen LogP contribution is 2.35. The maximum absolute atomic E-state index is 12.7. The standard InChI is InChI=1S/C27H24Br2N2O5/c1-33-22-9-6-18(24(12-22)34-2)15-31-27(32)20(14-30)10-19-11-25(35-3)26(13-23(19)29)36-16-17-4-7-21(28)8-5-17/h4-13H,15-16H2,1-3H3,(H,31,32)/b20-10+. The van der Waals surface area contributed by atoms with E-state index in [0.29, 0.717) is 39.6 Å². The molecular weight excluding hydrogens is 592 g/mol. The highest BCUT2D eigenvalue weighted by Gasteiger charge is 2.15. The molecule has 3 rings (SSSR count). The van der Waals surface area contributed by atoms with E-state index in [1.54, 1.807) is 37.4 Å². The Morgan fingerprint density at radius 2 is 1.67 bits per heavy atom. The molecule has 0 unspecified atom stereocenters. The second kappa shape index (κ2) is 13.0. The second-order valence-corrected chi connectivity index (χ2v) is 9.24. The van der Waals surface area contributed by atoms with Crippen molar-refractivity contribution in [3.63, 3.8) is 0 Å². The van der Waals surface area contributed by atoms with E-state index in [0.717, 1.165) is 15.6 Å². The van der Waals surface area contributed by atoms with Crippen molar-refractivity contribution in [1.29, 1.82) is 5.26 Å². The van der Waals surface area contributed by atoms with Crippen molar-refractivity contribution in [3.05, 3.63) is 85.8 Å². The first kappa shape index (κ1) is 27.1. The first-order valence-corrected chi connectivity index (χ1v) is 12.3. The predicted octanol–water partition coefficient (Wildman–Crippen LogP) is 6.04. The lowest BCUT2D eigenvalue weighted by atomic mass is 10.1. The molecule has 0 aliphatic rings. The fraction of sp³-hybridized carbons (Fsp3) is 0.185. The van der Waals surface area contributed by atoms with Crippen LogP contribution in [0.3, 0.4) is 0 Å². The molecule has 36 heavy (non-hydrogen) atoms. The van der Waals surface area contributed by atoms with Gasteiger partial charge in [0.15, 0.2) is 11.5 Å². The number of nitriles is 1. The van der Waals surface area contributed by atoms with Gasteiger partial charge >= 0.3 is 0 Å². The third kappa shape index (κ3) is 7.03. The Labute approximate surface area is 226 Å². The molecule has 0 fully saturated rings. The van der Waals surface area contributed by atoms with Crippen LogP contribution >= 0.6 is 31.9 Å². The lowest BCUT2D eigenvalue weighted by Gasteiger charge is -2.13. The van der Waals surface area contributed by atoms with Crippen LogP contribution in [0.5, 0.6) is 23.0 Å². The zero-order chi connectivity index (χ0) is 26.1. The average Bonchev–Trinajstić information content (AvgIpc) is 2.90. The van der Waals surface area contributed by atoms with Crippen LogP contribution in [0, 0.1) is 11.3 Å². The van der Waals surface area contributed by atoms with E-state index in [9.17, 15) is 10.1 Å². The van der Waals surface area contributed by atoms with Crippen molar-refractivity contribution in [3.8, 4) is 29.1 Å². The summed E-state index contributed by atoms with van der Waals surface area (Å²) < 4.78 is 23.6. The van der Waals surface area contributed by atoms with Gasteiger partial charge in [0.05, 0.1) is 21.3 Å².